The highest BCUT2D eigenvalue weighted by Crippen LogP contribution is 2.21. The smallest absolute Gasteiger partial charge is 0.250 e. The lowest BCUT2D eigenvalue weighted by Gasteiger charge is -2.31. The minimum absolute atomic E-state index is 0.0955. The predicted octanol–water partition coefficient (Wildman–Crippen LogP) is 1.59. The Hall–Kier alpha value is -0.920. The SMILES string of the molecule is CC(=O)N1CCC(CNS(=O)(=O)c2ccc(C)s2)CC1. The van der Waals surface area contributed by atoms with Gasteiger partial charge < -0.3 is 4.90 Å². The second-order valence-corrected chi connectivity index (χ2v) is 8.45. The van der Waals surface area contributed by atoms with Crippen LogP contribution in [0.3, 0.4) is 0 Å². The largest absolute Gasteiger partial charge is 0.343 e. The van der Waals surface area contributed by atoms with E-state index < -0.39 is 10.0 Å². The number of nitrogens with zero attached hydrogens (tertiary/aromatic N) is 1. The zero-order valence-corrected chi connectivity index (χ0v) is 13.4. The molecule has 1 amide bonds. The van der Waals surface area contributed by atoms with Crippen LogP contribution in [0.4, 0.5) is 0 Å². The molecular weight excluding hydrogens is 296 g/mol. The van der Waals surface area contributed by atoms with Gasteiger partial charge in [0, 0.05) is 31.4 Å². The van der Waals surface area contributed by atoms with Gasteiger partial charge in [0.05, 0.1) is 0 Å². The fourth-order valence-corrected chi connectivity index (χ4v) is 4.75. The Balaban J connectivity index is 1.86. The second-order valence-electron chi connectivity index (χ2n) is 5.17. The Bertz CT molecular complexity index is 572. The molecule has 0 radical (unpaired) electrons. The molecule has 1 aliphatic rings. The van der Waals surface area contributed by atoms with E-state index in [9.17, 15) is 13.2 Å². The first kappa shape index (κ1) is 15.5. The first-order valence-electron chi connectivity index (χ1n) is 6.70. The lowest BCUT2D eigenvalue weighted by atomic mass is 9.97. The molecule has 0 aliphatic carbocycles. The van der Waals surface area contributed by atoms with Gasteiger partial charge in [0.2, 0.25) is 15.9 Å². The average Bonchev–Trinajstić information content (AvgIpc) is 2.84. The first-order chi connectivity index (χ1) is 9.38. The molecule has 112 valence electrons. The molecule has 2 rings (SSSR count). The molecule has 0 atom stereocenters. The molecule has 0 bridgehead atoms. The third-order valence-corrected chi connectivity index (χ3v) is 6.52. The summed E-state index contributed by atoms with van der Waals surface area (Å²) >= 11 is 1.28. The highest BCUT2D eigenvalue weighted by Gasteiger charge is 2.23. The van der Waals surface area contributed by atoms with Gasteiger partial charge in [0.25, 0.3) is 0 Å². The number of nitrogens with one attached hydrogen (secondary N) is 1. The number of piperidine rings is 1. The van der Waals surface area contributed by atoms with Crippen molar-refractivity contribution < 1.29 is 13.2 Å². The highest BCUT2D eigenvalue weighted by atomic mass is 32.2. The summed E-state index contributed by atoms with van der Waals surface area (Å²) in [6, 6.07) is 3.45. The van der Waals surface area contributed by atoms with E-state index in [0.717, 1.165) is 30.8 Å². The normalized spacial score (nSPS) is 17.4. The molecule has 1 N–H and O–H groups in total. The van der Waals surface area contributed by atoms with E-state index in [0.29, 0.717) is 16.7 Å². The van der Waals surface area contributed by atoms with E-state index in [-0.39, 0.29) is 5.91 Å². The number of rotatable bonds is 4. The fraction of sp³-hybridized carbons (Fsp3) is 0.615. The van der Waals surface area contributed by atoms with Crippen LogP contribution in [-0.4, -0.2) is 38.9 Å². The molecule has 7 heteroatoms. The van der Waals surface area contributed by atoms with Crippen LogP contribution in [-0.2, 0) is 14.8 Å². The maximum absolute atomic E-state index is 12.1. The van der Waals surface area contributed by atoms with Crippen LogP contribution < -0.4 is 4.72 Å². The number of likely N-dealkylation sites (tertiary alicyclic amines) is 1. The van der Waals surface area contributed by atoms with E-state index in [1.165, 1.54) is 11.3 Å². The standard InChI is InChI=1S/C13H20N2O3S2/c1-10-3-4-13(19-10)20(17,18)14-9-12-5-7-15(8-6-12)11(2)16/h3-4,12,14H,5-9H2,1-2H3. The number of aryl methyl sites for hydroxylation is 1. The van der Waals surface area contributed by atoms with Gasteiger partial charge >= 0.3 is 0 Å². The summed E-state index contributed by atoms with van der Waals surface area (Å²) in [5.41, 5.74) is 0. The molecule has 20 heavy (non-hydrogen) atoms. The first-order valence-corrected chi connectivity index (χ1v) is 9.00. The number of thiophene rings is 1. The summed E-state index contributed by atoms with van der Waals surface area (Å²) in [6.45, 7) is 5.36. The number of hydrogen-bond acceptors (Lipinski definition) is 4. The predicted molar refractivity (Wildman–Crippen MR) is 79.2 cm³/mol. The molecule has 0 spiro atoms. The number of amides is 1. The minimum atomic E-state index is -3.38. The van der Waals surface area contributed by atoms with Crippen molar-refractivity contribution in [1.29, 1.82) is 0 Å². The molecular formula is C13H20N2O3S2. The molecule has 0 saturated carbocycles. The minimum Gasteiger partial charge on any atom is -0.343 e. The van der Waals surface area contributed by atoms with Crippen LogP contribution in [0, 0.1) is 12.8 Å². The maximum Gasteiger partial charge on any atom is 0.250 e. The third-order valence-electron chi connectivity index (χ3n) is 3.60. The molecule has 0 aromatic carbocycles. The van der Waals surface area contributed by atoms with Crippen LogP contribution in [0.5, 0.6) is 0 Å². The third kappa shape index (κ3) is 3.80. The van der Waals surface area contributed by atoms with Crippen LogP contribution >= 0.6 is 11.3 Å². The number of hydrogen-bond donors (Lipinski definition) is 1. The Morgan fingerprint density at radius 2 is 2.05 bits per heavy atom. The Labute approximate surface area is 124 Å². The molecule has 1 aromatic rings. The van der Waals surface area contributed by atoms with Crippen molar-refractivity contribution in [2.24, 2.45) is 5.92 Å². The molecule has 1 saturated heterocycles. The van der Waals surface area contributed by atoms with E-state index in [2.05, 4.69) is 4.72 Å². The monoisotopic (exact) mass is 316 g/mol. The number of sulfonamides is 1. The van der Waals surface area contributed by atoms with Crippen LogP contribution in [0.2, 0.25) is 0 Å². The van der Waals surface area contributed by atoms with Crippen molar-refractivity contribution in [2.75, 3.05) is 19.6 Å². The van der Waals surface area contributed by atoms with Crippen molar-refractivity contribution in [3.05, 3.63) is 17.0 Å². The highest BCUT2D eigenvalue weighted by molar-refractivity contribution is 7.91. The number of carbonyl (C=O) groups excluding carboxylic acids is 1. The van der Waals surface area contributed by atoms with Crippen LogP contribution in [0.1, 0.15) is 24.6 Å². The summed E-state index contributed by atoms with van der Waals surface area (Å²) in [5, 5.41) is 0. The molecule has 2 heterocycles. The van der Waals surface area contributed by atoms with Gasteiger partial charge in [0.1, 0.15) is 4.21 Å². The van der Waals surface area contributed by atoms with Crippen molar-refractivity contribution >= 4 is 27.3 Å². The Morgan fingerprint density at radius 3 is 2.55 bits per heavy atom. The lowest BCUT2D eigenvalue weighted by molar-refractivity contribution is -0.130. The van der Waals surface area contributed by atoms with E-state index >= 15 is 0 Å². The Morgan fingerprint density at radius 1 is 1.40 bits per heavy atom. The summed E-state index contributed by atoms with van der Waals surface area (Å²) in [6.07, 6.45) is 1.71. The van der Waals surface area contributed by atoms with E-state index in [4.69, 9.17) is 0 Å². The number of carbonyl (C=O) groups is 1. The van der Waals surface area contributed by atoms with Crippen LogP contribution in [0.15, 0.2) is 16.3 Å². The average molecular weight is 316 g/mol. The van der Waals surface area contributed by atoms with Gasteiger partial charge in [-0.05, 0) is 37.8 Å². The summed E-state index contributed by atoms with van der Waals surface area (Å²) < 4.78 is 27.2. The fourth-order valence-electron chi connectivity index (χ4n) is 2.31. The van der Waals surface area contributed by atoms with Gasteiger partial charge in [-0.2, -0.15) is 0 Å². The van der Waals surface area contributed by atoms with Crippen molar-refractivity contribution in [3.8, 4) is 0 Å². The quantitative estimate of drug-likeness (QED) is 0.917. The van der Waals surface area contributed by atoms with Gasteiger partial charge in [0.15, 0.2) is 0 Å². The van der Waals surface area contributed by atoms with E-state index in [1.54, 1.807) is 13.0 Å². The van der Waals surface area contributed by atoms with Gasteiger partial charge in [-0.25, -0.2) is 13.1 Å². The maximum atomic E-state index is 12.1. The van der Waals surface area contributed by atoms with Crippen LogP contribution in [0.25, 0.3) is 0 Å². The molecule has 0 unspecified atom stereocenters. The Kier molecular flexibility index (Phi) is 4.82. The van der Waals surface area contributed by atoms with Gasteiger partial charge in [-0.1, -0.05) is 0 Å². The summed E-state index contributed by atoms with van der Waals surface area (Å²) in [5.74, 6) is 0.402. The summed E-state index contributed by atoms with van der Waals surface area (Å²) in [4.78, 5) is 14.0. The van der Waals surface area contributed by atoms with Gasteiger partial charge in [-0.3, -0.25) is 4.79 Å². The van der Waals surface area contributed by atoms with E-state index in [1.807, 2.05) is 17.9 Å². The molecule has 5 nitrogen and oxygen atoms in total. The molecule has 1 aromatic heterocycles. The van der Waals surface area contributed by atoms with Crippen molar-refractivity contribution in [3.63, 3.8) is 0 Å². The topological polar surface area (TPSA) is 66.5 Å². The van der Waals surface area contributed by atoms with Crippen molar-refractivity contribution in [1.82, 2.24) is 9.62 Å². The molecule has 1 aliphatic heterocycles. The van der Waals surface area contributed by atoms with Gasteiger partial charge in [-0.15, -0.1) is 11.3 Å². The van der Waals surface area contributed by atoms with Crippen molar-refractivity contribution in [2.45, 2.75) is 30.9 Å². The zero-order chi connectivity index (χ0) is 14.8. The zero-order valence-electron chi connectivity index (χ0n) is 11.8. The molecule has 1 fully saturated rings. The lowest BCUT2D eigenvalue weighted by Crippen LogP contribution is -2.40. The summed E-state index contributed by atoms with van der Waals surface area (Å²) in [7, 11) is -3.38. The second kappa shape index (κ2) is 6.24.